The van der Waals surface area contributed by atoms with E-state index in [1.807, 2.05) is 13.8 Å². The van der Waals surface area contributed by atoms with Crippen LogP contribution in [0.3, 0.4) is 0 Å². The van der Waals surface area contributed by atoms with Crippen LogP contribution in [0, 0.1) is 17.8 Å². The zero-order valence-corrected chi connectivity index (χ0v) is 8.13. The molecular formula is C9H18N2O. The number of carbonyl (C=O) groups is 1. The van der Waals surface area contributed by atoms with Crippen LogP contribution in [0.15, 0.2) is 0 Å². The highest BCUT2D eigenvalue weighted by Gasteiger charge is 2.18. The second kappa shape index (κ2) is 9.96. The Balaban J connectivity index is 0. The first-order valence-electron chi connectivity index (χ1n) is 4.35. The number of hydrogen-bond donors (Lipinski definition) is 1. The smallest absolute Gasteiger partial charge is 0.220 e. The summed E-state index contributed by atoms with van der Waals surface area (Å²) in [7, 11) is 0. The molecule has 0 saturated carbocycles. The number of nitriles is 1. The number of nitrogens with zero attached hydrogens (tertiary/aromatic N) is 1. The molecule has 1 fully saturated rings. The Morgan fingerprint density at radius 1 is 1.58 bits per heavy atom. The molecule has 0 aromatic carbocycles. The molecule has 0 aromatic rings. The summed E-state index contributed by atoms with van der Waals surface area (Å²) >= 11 is 0. The molecule has 3 nitrogen and oxygen atoms in total. The normalized spacial score (nSPS) is 19.4. The van der Waals surface area contributed by atoms with Crippen LogP contribution in [-0.2, 0) is 4.79 Å². The van der Waals surface area contributed by atoms with Gasteiger partial charge >= 0.3 is 0 Å². The van der Waals surface area contributed by atoms with Crippen LogP contribution in [0.2, 0.25) is 0 Å². The first-order valence-corrected chi connectivity index (χ1v) is 4.35. The van der Waals surface area contributed by atoms with Crippen LogP contribution in [0.5, 0.6) is 0 Å². The molecule has 0 radical (unpaired) electrons. The van der Waals surface area contributed by atoms with Gasteiger partial charge in [0.15, 0.2) is 0 Å². The Morgan fingerprint density at radius 3 is 2.25 bits per heavy atom. The molecule has 3 heteroatoms. The number of rotatable bonds is 1. The molecule has 1 rings (SSSR count). The molecule has 0 spiro atoms. The van der Waals surface area contributed by atoms with Crippen molar-refractivity contribution in [2.24, 2.45) is 5.92 Å². The molecule has 1 amide bonds. The van der Waals surface area contributed by atoms with Gasteiger partial charge in [0.25, 0.3) is 0 Å². The quantitative estimate of drug-likeness (QED) is 0.651. The maximum absolute atomic E-state index is 10.5. The van der Waals surface area contributed by atoms with Gasteiger partial charge in [0, 0.05) is 19.5 Å². The Bertz CT molecular complexity index is 132. The van der Waals surface area contributed by atoms with Gasteiger partial charge < -0.3 is 5.32 Å². The van der Waals surface area contributed by atoms with E-state index in [1.165, 1.54) is 0 Å². The van der Waals surface area contributed by atoms with Crippen molar-refractivity contribution in [3.8, 4) is 6.57 Å². The standard InChI is InChI=1S/C6H11NO.C2H6.CHN/c1-2-5-3-6(8)7-4-5;2*1-2/h5H,2-4H2,1H3,(H,7,8);1-2H3;1H/t5-;;/m0../s1. The zero-order valence-electron chi connectivity index (χ0n) is 8.13. The second-order valence-electron chi connectivity index (χ2n) is 2.28. The van der Waals surface area contributed by atoms with Gasteiger partial charge in [0.2, 0.25) is 5.91 Å². The highest BCUT2D eigenvalue weighted by atomic mass is 16.1. The van der Waals surface area contributed by atoms with Crippen LogP contribution in [0.25, 0.3) is 0 Å². The van der Waals surface area contributed by atoms with Crippen LogP contribution >= 0.6 is 0 Å². The van der Waals surface area contributed by atoms with Crippen molar-refractivity contribution >= 4 is 5.91 Å². The third-order valence-corrected chi connectivity index (χ3v) is 1.64. The van der Waals surface area contributed by atoms with Crippen molar-refractivity contribution in [3.63, 3.8) is 0 Å². The molecule has 1 aliphatic heterocycles. The lowest BCUT2D eigenvalue weighted by Gasteiger charge is -1.97. The van der Waals surface area contributed by atoms with Crippen molar-refractivity contribution in [2.75, 3.05) is 6.54 Å². The molecule has 1 aliphatic rings. The van der Waals surface area contributed by atoms with E-state index in [0.717, 1.165) is 19.4 Å². The van der Waals surface area contributed by atoms with Crippen LogP contribution < -0.4 is 5.32 Å². The van der Waals surface area contributed by atoms with Gasteiger partial charge in [0.05, 0.1) is 0 Å². The van der Waals surface area contributed by atoms with E-state index < -0.39 is 0 Å². The first-order chi connectivity index (χ1) is 5.83. The molecule has 1 saturated heterocycles. The van der Waals surface area contributed by atoms with Crippen molar-refractivity contribution in [2.45, 2.75) is 33.6 Å². The van der Waals surface area contributed by atoms with Crippen molar-refractivity contribution in [1.29, 1.82) is 5.26 Å². The minimum absolute atomic E-state index is 0.219. The van der Waals surface area contributed by atoms with E-state index in [1.54, 1.807) is 0 Å². The molecule has 1 atom stereocenters. The van der Waals surface area contributed by atoms with E-state index >= 15 is 0 Å². The summed E-state index contributed by atoms with van der Waals surface area (Å²) in [6.45, 7) is 10.5. The second-order valence-corrected chi connectivity index (χ2v) is 2.28. The van der Waals surface area contributed by atoms with Gasteiger partial charge in [-0.2, -0.15) is 0 Å². The summed E-state index contributed by atoms with van der Waals surface area (Å²) in [6, 6.07) is 0. The molecule has 0 aromatic heterocycles. The fourth-order valence-electron chi connectivity index (χ4n) is 0.953. The fraction of sp³-hybridized carbons (Fsp3) is 0.778. The molecule has 0 bridgehead atoms. The minimum Gasteiger partial charge on any atom is -0.356 e. The van der Waals surface area contributed by atoms with E-state index in [9.17, 15) is 4.79 Å². The number of hydrogen-bond acceptors (Lipinski definition) is 2. The van der Waals surface area contributed by atoms with Gasteiger partial charge in [-0.05, 0) is 5.92 Å². The molecule has 0 unspecified atom stereocenters. The fourth-order valence-corrected chi connectivity index (χ4v) is 0.953. The summed E-state index contributed by atoms with van der Waals surface area (Å²) in [5.74, 6) is 0.833. The van der Waals surface area contributed by atoms with Crippen molar-refractivity contribution in [1.82, 2.24) is 5.32 Å². The Morgan fingerprint density at radius 2 is 2.08 bits per heavy atom. The molecule has 1 N–H and O–H groups in total. The van der Waals surface area contributed by atoms with Gasteiger partial charge in [-0.1, -0.05) is 27.2 Å². The summed E-state index contributed by atoms with van der Waals surface area (Å²) in [4.78, 5) is 10.5. The van der Waals surface area contributed by atoms with Crippen LogP contribution in [0.1, 0.15) is 33.6 Å². The summed E-state index contributed by atoms with van der Waals surface area (Å²) in [6.07, 6.45) is 1.87. The first kappa shape index (κ1) is 13.5. The third-order valence-electron chi connectivity index (χ3n) is 1.64. The number of carbonyl (C=O) groups excluding carboxylic acids is 1. The average Bonchev–Trinajstić information content (AvgIpc) is 2.58. The van der Waals surface area contributed by atoms with Gasteiger partial charge in [-0.3, -0.25) is 4.79 Å². The third kappa shape index (κ3) is 5.72. The van der Waals surface area contributed by atoms with Crippen LogP contribution in [0.4, 0.5) is 0 Å². The highest BCUT2D eigenvalue weighted by Crippen LogP contribution is 2.11. The average molecular weight is 170 g/mol. The predicted octanol–water partition coefficient (Wildman–Crippen LogP) is 1.70. The Hall–Kier alpha value is -1.04. The lowest BCUT2D eigenvalue weighted by atomic mass is 10.1. The monoisotopic (exact) mass is 170 g/mol. The van der Waals surface area contributed by atoms with E-state index in [4.69, 9.17) is 5.26 Å². The van der Waals surface area contributed by atoms with Crippen molar-refractivity contribution in [3.05, 3.63) is 0 Å². The molecule has 70 valence electrons. The van der Waals surface area contributed by atoms with Gasteiger partial charge in [0.1, 0.15) is 0 Å². The van der Waals surface area contributed by atoms with E-state index in [0.29, 0.717) is 5.92 Å². The minimum atomic E-state index is 0.219. The maximum atomic E-state index is 10.5. The SMILES string of the molecule is C#N.CC.CC[C@@H]1CNC(=O)C1. The summed E-state index contributed by atoms with van der Waals surface area (Å²) < 4.78 is 0. The van der Waals surface area contributed by atoms with Gasteiger partial charge in [-0.15, -0.1) is 0 Å². The largest absolute Gasteiger partial charge is 0.356 e. The number of nitrogens with one attached hydrogen (secondary N) is 1. The maximum Gasteiger partial charge on any atom is 0.220 e. The molecular weight excluding hydrogens is 152 g/mol. The summed E-state index contributed by atoms with van der Waals surface area (Å²) in [5, 5.41) is 9.28. The Labute approximate surface area is 74.8 Å². The summed E-state index contributed by atoms with van der Waals surface area (Å²) in [5.41, 5.74) is 0. The number of amides is 1. The molecule has 1 heterocycles. The van der Waals surface area contributed by atoms with Crippen molar-refractivity contribution < 1.29 is 4.79 Å². The van der Waals surface area contributed by atoms with E-state index in [-0.39, 0.29) is 5.91 Å². The Kier molecular flexibility index (Phi) is 11.2. The van der Waals surface area contributed by atoms with E-state index in [2.05, 4.69) is 18.8 Å². The van der Waals surface area contributed by atoms with Crippen LogP contribution in [-0.4, -0.2) is 12.5 Å². The highest BCUT2D eigenvalue weighted by molar-refractivity contribution is 5.78. The van der Waals surface area contributed by atoms with Gasteiger partial charge in [-0.25, -0.2) is 5.26 Å². The predicted molar refractivity (Wildman–Crippen MR) is 49.4 cm³/mol. The lowest BCUT2D eigenvalue weighted by molar-refractivity contribution is -0.119. The molecule has 12 heavy (non-hydrogen) atoms. The zero-order chi connectivity index (χ0) is 9.98. The lowest BCUT2D eigenvalue weighted by Crippen LogP contribution is -2.13. The topological polar surface area (TPSA) is 52.9 Å². The molecule has 0 aliphatic carbocycles.